The van der Waals surface area contributed by atoms with Crippen molar-refractivity contribution in [3.8, 4) is 0 Å². The molecule has 18 heavy (non-hydrogen) atoms. The van der Waals surface area contributed by atoms with Crippen molar-refractivity contribution in [1.82, 2.24) is 0 Å². The highest BCUT2D eigenvalue weighted by Crippen LogP contribution is 2.21. The van der Waals surface area contributed by atoms with E-state index in [4.69, 9.17) is 21.5 Å². The maximum atomic E-state index is 13.0. The van der Waals surface area contributed by atoms with Crippen molar-refractivity contribution < 1.29 is 14.3 Å². The normalized spacial score (nSPS) is 19.9. The second kappa shape index (κ2) is 6.16. The maximum Gasteiger partial charge on any atom is 0.141 e. The molecule has 0 heterocycles. The van der Waals surface area contributed by atoms with Crippen molar-refractivity contribution in [2.45, 2.75) is 38.4 Å². The van der Waals surface area contributed by atoms with Crippen LogP contribution in [0.4, 0.5) is 4.39 Å². The van der Waals surface area contributed by atoms with Gasteiger partial charge in [0.25, 0.3) is 0 Å². The molecular formula is C13H15ClFNO2. The lowest BCUT2D eigenvalue weighted by Gasteiger charge is -2.22. The molecule has 3 nitrogen and oxygen atoms in total. The van der Waals surface area contributed by atoms with E-state index in [-0.39, 0.29) is 11.1 Å². The van der Waals surface area contributed by atoms with E-state index in [9.17, 15) is 4.39 Å². The summed E-state index contributed by atoms with van der Waals surface area (Å²) in [6.45, 7) is 0.427. The molecular weight excluding hydrogens is 257 g/mol. The second-order valence-electron chi connectivity index (χ2n) is 4.43. The topological polar surface area (TPSA) is 41.8 Å². The number of hydrogen-bond donors (Lipinski definition) is 1. The van der Waals surface area contributed by atoms with E-state index >= 15 is 0 Å². The summed E-state index contributed by atoms with van der Waals surface area (Å²) in [5, 5.41) is 12.0. The number of nitrogens with zero attached hydrogens (tertiary/aromatic N) is 1. The first-order valence-electron chi connectivity index (χ1n) is 5.94. The molecule has 1 saturated carbocycles. The van der Waals surface area contributed by atoms with E-state index < -0.39 is 5.82 Å². The van der Waals surface area contributed by atoms with Crippen LogP contribution >= 0.6 is 11.6 Å². The third-order valence-electron chi connectivity index (χ3n) is 3.12. The van der Waals surface area contributed by atoms with Gasteiger partial charge in [-0.25, -0.2) is 4.39 Å². The molecule has 1 aliphatic rings. The molecule has 0 aliphatic heterocycles. The Morgan fingerprint density at radius 1 is 1.39 bits per heavy atom. The quantitative estimate of drug-likeness (QED) is 0.672. The molecule has 1 aromatic carbocycles. The molecule has 2 rings (SSSR count). The fourth-order valence-corrected chi connectivity index (χ4v) is 2.24. The van der Waals surface area contributed by atoms with Crippen LogP contribution in [0, 0.1) is 5.82 Å². The van der Waals surface area contributed by atoms with E-state index in [1.807, 2.05) is 0 Å². The van der Waals surface area contributed by atoms with Crippen LogP contribution in [-0.4, -0.2) is 17.0 Å². The van der Waals surface area contributed by atoms with Crippen molar-refractivity contribution in [2.24, 2.45) is 5.16 Å². The fraction of sp³-hybridized carbons (Fsp3) is 0.462. The highest BCUT2D eigenvalue weighted by atomic mass is 35.5. The number of oxime groups is 1. The van der Waals surface area contributed by atoms with Crippen molar-refractivity contribution in [1.29, 1.82) is 0 Å². The van der Waals surface area contributed by atoms with Gasteiger partial charge in [-0.05, 0) is 43.4 Å². The Bertz CT molecular complexity index is 441. The summed E-state index contributed by atoms with van der Waals surface area (Å²) in [4.78, 5) is 0. The Balaban J connectivity index is 1.83. The first kappa shape index (κ1) is 13.3. The van der Waals surface area contributed by atoms with Gasteiger partial charge in [0.1, 0.15) is 5.82 Å². The zero-order valence-electron chi connectivity index (χ0n) is 9.90. The highest BCUT2D eigenvalue weighted by molar-refractivity contribution is 6.30. The molecule has 1 aliphatic carbocycles. The Labute approximate surface area is 110 Å². The Morgan fingerprint density at radius 2 is 2.11 bits per heavy atom. The molecule has 0 radical (unpaired) electrons. The van der Waals surface area contributed by atoms with E-state index in [0.29, 0.717) is 6.61 Å². The smallest absolute Gasteiger partial charge is 0.141 e. The van der Waals surface area contributed by atoms with Gasteiger partial charge in [-0.3, -0.25) is 0 Å². The van der Waals surface area contributed by atoms with Crippen molar-refractivity contribution in [3.63, 3.8) is 0 Å². The number of ether oxygens (including phenoxy) is 1. The van der Waals surface area contributed by atoms with Crippen LogP contribution in [0.3, 0.4) is 0 Å². The van der Waals surface area contributed by atoms with Crippen LogP contribution in [-0.2, 0) is 11.3 Å². The lowest BCUT2D eigenvalue weighted by atomic mass is 9.96. The summed E-state index contributed by atoms with van der Waals surface area (Å²) in [6, 6.07) is 4.60. The lowest BCUT2D eigenvalue weighted by molar-refractivity contribution is 0.0277. The van der Waals surface area contributed by atoms with Crippen LogP contribution in [0.5, 0.6) is 0 Å². The zero-order valence-corrected chi connectivity index (χ0v) is 10.7. The van der Waals surface area contributed by atoms with Gasteiger partial charge in [0.15, 0.2) is 0 Å². The van der Waals surface area contributed by atoms with E-state index in [1.54, 1.807) is 12.1 Å². The summed E-state index contributed by atoms with van der Waals surface area (Å²) in [5.74, 6) is -0.415. The average molecular weight is 272 g/mol. The number of hydrogen-bond acceptors (Lipinski definition) is 3. The van der Waals surface area contributed by atoms with E-state index in [1.165, 1.54) is 6.07 Å². The van der Waals surface area contributed by atoms with Gasteiger partial charge >= 0.3 is 0 Å². The van der Waals surface area contributed by atoms with Gasteiger partial charge < -0.3 is 9.94 Å². The minimum atomic E-state index is -0.415. The standard InChI is InChI=1S/C13H15ClFNO2/c14-12-7-9(1-6-13(12)15)8-18-11-4-2-10(16-17)3-5-11/h1,6-7,11,17H,2-5,8H2. The molecule has 0 bridgehead atoms. The molecule has 1 fully saturated rings. The number of halogens is 2. The highest BCUT2D eigenvalue weighted by Gasteiger charge is 2.18. The largest absolute Gasteiger partial charge is 0.411 e. The summed E-state index contributed by atoms with van der Waals surface area (Å²) >= 11 is 5.70. The molecule has 0 aromatic heterocycles. The first-order chi connectivity index (χ1) is 8.69. The Morgan fingerprint density at radius 3 is 2.72 bits per heavy atom. The summed E-state index contributed by atoms with van der Waals surface area (Å²) in [6.07, 6.45) is 3.42. The van der Waals surface area contributed by atoms with Crippen molar-refractivity contribution in [2.75, 3.05) is 0 Å². The molecule has 1 N–H and O–H groups in total. The van der Waals surface area contributed by atoms with E-state index in [2.05, 4.69) is 5.16 Å². The Hall–Kier alpha value is -1.13. The van der Waals surface area contributed by atoms with Gasteiger partial charge in [-0.15, -0.1) is 0 Å². The first-order valence-corrected chi connectivity index (χ1v) is 6.32. The molecule has 0 unspecified atom stereocenters. The molecule has 0 amide bonds. The fourth-order valence-electron chi connectivity index (χ4n) is 2.03. The monoisotopic (exact) mass is 271 g/mol. The average Bonchev–Trinajstić information content (AvgIpc) is 2.41. The molecule has 0 saturated heterocycles. The second-order valence-corrected chi connectivity index (χ2v) is 4.83. The zero-order chi connectivity index (χ0) is 13.0. The van der Waals surface area contributed by atoms with Crippen molar-refractivity contribution >= 4 is 17.3 Å². The summed E-state index contributed by atoms with van der Waals surface area (Å²) in [5.41, 5.74) is 1.70. The molecule has 0 atom stereocenters. The predicted octanol–water partition coefficient (Wildman–Crippen LogP) is 3.77. The summed E-state index contributed by atoms with van der Waals surface area (Å²) < 4.78 is 18.7. The summed E-state index contributed by atoms with van der Waals surface area (Å²) in [7, 11) is 0. The van der Waals surface area contributed by atoms with Gasteiger partial charge in [0.05, 0.1) is 23.4 Å². The third-order valence-corrected chi connectivity index (χ3v) is 3.41. The lowest BCUT2D eigenvalue weighted by Crippen LogP contribution is -2.21. The minimum Gasteiger partial charge on any atom is -0.411 e. The molecule has 0 spiro atoms. The van der Waals surface area contributed by atoms with E-state index in [0.717, 1.165) is 37.0 Å². The Kier molecular flexibility index (Phi) is 4.55. The van der Waals surface area contributed by atoms with Crippen LogP contribution < -0.4 is 0 Å². The van der Waals surface area contributed by atoms with Gasteiger partial charge in [0.2, 0.25) is 0 Å². The SMILES string of the molecule is ON=C1CCC(OCc2ccc(F)c(Cl)c2)CC1. The minimum absolute atomic E-state index is 0.120. The third kappa shape index (κ3) is 3.43. The van der Waals surface area contributed by atoms with Crippen LogP contribution in [0.25, 0.3) is 0 Å². The van der Waals surface area contributed by atoms with Crippen LogP contribution in [0.15, 0.2) is 23.4 Å². The predicted molar refractivity (Wildman–Crippen MR) is 67.7 cm³/mol. The molecule has 98 valence electrons. The van der Waals surface area contributed by atoms with Gasteiger partial charge in [0, 0.05) is 0 Å². The van der Waals surface area contributed by atoms with Gasteiger partial charge in [-0.1, -0.05) is 22.8 Å². The number of rotatable bonds is 3. The van der Waals surface area contributed by atoms with Crippen LogP contribution in [0.2, 0.25) is 5.02 Å². The number of benzene rings is 1. The van der Waals surface area contributed by atoms with Gasteiger partial charge in [-0.2, -0.15) is 0 Å². The van der Waals surface area contributed by atoms with Crippen LogP contribution in [0.1, 0.15) is 31.2 Å². The van der Waals surface area contributed by atoms with Crippen molar-refractivity contribution in [3.05, 3.63) is 34.6 Å². The molecule has 5 heteroatoms. The molecule has 1 aromatic rings. The maximum absolute atomic E-state index is 13.0.